The van der Waals surface area contributed by atoms with Crippen LogP contribution in [0.1, 0.15) is 6.42 Å². The fraction of sp³-hybridized carbons (Fsp3) is 0.294. The number of hydrogen-bond acceptors (Lipinski definition) is 5. The molecule has 0 aliphatic carbocycles. The number of methoxy groups -OCH3 is 2. The van der Waals surface area contributed by atoms with Crippen molar-refractivity contribution in [2.24, 2.45) is 0 Å². The highest BCUT2D eigenvalue weighted by Crippen LogP contribution is 2.29. The smallest absolute Gasteiger partial charge is 0.175 e. The molecule has 0 bridgehead atoms. The Kier molecular flexibility index (Phi) is 4.90. The lowest BCUT2D eigenvalue weighted by molar-refractivity contribution is 0.198. The van der Waals surface area contributed by atoms with E-state index in [1.165, 1.54) is 7.11 Å². The van der Waals surface area contributed by atoms with Crippen molar-refractivity contribution in [3.63, 3.8) is 0 Å². The predicted octanol–water partition coefficient (Wildman–Crippen LogP) is 3.22. The Balaban J connectivity index is 1.94. The molecule has 1 aromatic carbocycles. The predicted molar refractivity (Wildman–Crippen MR) is 90.8 cm³/mol. The van der Waals surface area contributed by atoms with Crippen LogP contribution < -0.4 is 10.1 Å². The summed E-state index contributed by atoms with van der Waals surface area (Å²) >= 11 is 0. The maximum Gasteiger partial charge on any atom is 0.175 e. The van der Waals surface area contributed by atoms with Crippen molar-refractivity contribution in [2.45, 2.75) is 6.42 Å². The van der Waals surface area contributed by atoms with E-state index < -0.39 is 5.82 Å². The molecule has 0 saturated carbocycles. The zero-order valence-corrected chi connectivity index (χ0v) is 13.6. The summed E-state index contributed by atoms with van der Waals surface area (Å²) in [6.07, 6.45) is 2.54. The van der Waals surface area contributed by atoms with E-state index in [9.17, 15) is 4.39 Å². The van der Waals surface area contributed by atoms with Crippen LogP contribution in [0.15, 0.2) is 30.5 Å². The standard InChI is InChI=1S/C17H19FN4O2/c1-23-10-4-8-19-17-15-12(7-9-20-17)21-16(22-15)11-5-3-6-13(24-2)14(11)18/h3,5-7,9H,4,8,10H2,1-2H3,(H,19,20)(H,21,22). The summed E-state index contributed by atoms with van der Waals surface area (Å²) in [6.45, 7) is 1.39. The average molecular weight is 330 g/mol. The Hall–Kier alpha value is -2.67. The number of nitrogens with one attached hydrogen (secondary N) is 2. The van der Waals surface area contributed by atoms with E-state index in [2.05, 4.69) is 20.3 Å². The highest BCUT2D eigenvalue weighted by Gasteiger charge is 2.15. The number of imidazole rings is 1. The maximum absolute atomic E-state index is 14.4. The summed E-state index contributed by atoms with van der Waals surface area (Å²) in [5, 5.41) is 3.23. The Labute approximate surface area is 139 Å². The van der Waals surface area contributed by atoms with E-state index in [0.29, 0.717) is 29.3 Å². The van der Waals surface area contributed by atoms with E-state index in [-0.39, 0.29) is 5.75 Å². The number of anilines is 1. The van der Waals surface area contributed by atoms with Gasteiger partial charge in [-0.2, -0.15) is 0 Å². The molecule has 2 aromatic heterocycles. The third-order valence-electron chi connectivity index (χ3n) is 3.66. The van der Waals surface area contributed by atoms with Gasteiger partial charge in [0, 0.05) is 26.5 Å². The fourth-order valence-electron chi connectivity index (χ4n) is 2.47. The van der Waals surface area contributed by atoms with Gasteiger partial charge < -0.3 is 19.8 Å². The highest BCUT2D eigenvalue weighted by atomic mass is 19.1. The maximum atomic E-state index is 14.4. The van der Waals surface area contributed by atoms with Crippen LogP contribution in [0.2, 0.25) is 0 Å². The fourth-order valence-corrected chi connectivity index (χ4v) is 2.47. The summed E-state index contributed by atoms with van der Waals surface area (Å²) in [7, 11) is 3.11. The van der Waals surface area contributed by atoms with Gasteiger partial charge in [0.25, 0.3) is 0 Å². The minimum absolute atomic E-state index is 0.184. The van der Waals surface area contributed by atoms with Crippen molar-refractivity contribution in [1.29, 1.82) is 0 Å². The van der Waals surface area contributed by atoms with Crippen molar-refractivity contribution in [3.05, 3.63) is 36.3 Å². The first kappa shape index (κ1) is 16.2. The van der Waals surface area contributed by atoms with Gasteiger partial charge >= 0.3 is 0 Å². The van der Waals surface area contributed by atoms with E-state index in [1.807, 2.05) is 6.07 Å². The summed E-state index contributed by atoms with van der Waals surface area (Å²) in [6, 6.07) is 6.78. The summed E-state index contributed by atoms with van der Waals surface area (Å²) < 4.78 is 24.5. The first-order valence-electron chi connectivity index (χ1n) is 7.65. The molecule has 2 N–H and O–H groups in total. The number of ether oxygens (including phenoxy) is 2. The number of fused-ring (bicyclic) bond motifs is 1. The third-order valence-corrected chi connectivity index (χ3v) is 3.66. The highest BCUT2D eigenvalue weighted by molar-refractivity contribution is 5.88. The molecule has 126 valence electrons. The topological polar surface area (TPSA) is 72.1 Å². The lowest BCUT2D eigenvalue weighted by Crippen LogP contribution is -2.06. The molecule has 0 unspecified atom stereocenters. The average Bonchev–Trinajstić information content (AvgIpc) is 3.03. The summed E-state index contributed by atoms with van der Waals surface area (Å²) in [4.78, 5) is 12.0. The molecule has 0 saturated heterocycles. The molecule has 0 spiro atoms. The van der Waals surface area contributed by atoms with Crippen molar-refractivity contribution in [1.82, 2.24) is 15.0 Å². The van der Waals surface area contributed by atoms with Gasteiger partial charge in [0.2, 0.25) is 0 Å². The van der Waals surface area contributed by atoms with Crippen LogP contribution in [0.4, 0.5) is 10.2 Å². The lowest BCUT2D eigenvalue weighted by atomic mass is 10.2. The lowest BCUT2D eigenvalue weighted by Gasteiger charge is -2.05. The van der Waals surface area contributed by atoms with Gasteiger partial charge in [-0.1, -0.05) is 6.07 Å². The normalized spacial score (nSPS) is 11.0. The Morgan fingerprint density at radius 1 is 1.25 bits per heavy atom. The number of aromatic nitrogens is 3. The second-order valence-corrected chi connectivity index (χ2v) is 5.24. The monoisotopic (exact) mass is 330 g/mol. The molecule has 6 nitrogen and oxygen atoms in total. The number of rotatable bonds is 7. The quantitative estimate of drug-likeness (QED) is 0.651. The molecule has 0 fully saturated rings. The van der Waals surface area contributed by atoms with E-state index in [1.54, 1.807) is 31.5 Å². The molecular weight excluding hydrogens is 311 g/mol. The Morgan fingerprint density at radius 3 is 2.92 bits per heavy atom. The van der Waals surface area contributed by atoms with Crippen LogP contribution in [0, 0.1) is 5.82 Å². The summed E-state index contributed by atoms with van der Waals surface area (Å²) in [5.41, 5.74) is 1.82. The van der Waals surface area contributed by atoms with Crippen molar-refractivity contribution >= 4 is 16.9 Å². The van der Waals surface area contributed by atoms with Gasteiger partial charge in [0.1, 0.15) is 11.3 Å². The first-order chi connectivity index (χ1) is 11.7. The van der Waals surface area contributed by atoms with Gasteiger partial charge in [-0.25, -0.2) is 14.4 Å². The molecule has 0 amide bonds. The molecule has 0 radical (unpaired) electrons. The number of halogens is 1. The third kappa shape index (κ3) is 3.16. The molecule has 0 atom stereocenters. The number of H-pyrrole nitrogens is 1. The number of benzene rings is 1. The number of hydrogen-bond donors (Lipinski definition) is 2. The van der Waals surface area contributed by atoms with Crippen LogP contribution in [0.5, 0.6) is 5.75 Å². The number of nitrogens with zero attached hydrogens (tertiary/aromatic N) is 2. The van der Waals surface area contributed by atoms with E-state index in [0.717, 1.165) is 18.5 Å². The Morgan fingerprint density at radius 2 is 2.12 bits per heavy atom. The zero-order chi connectivity index (χ0) is 16.9. The van der Waals surface area contributed by atoms with Gasteiger partial charge in [0.05, 0.1) is 18.2 Å². The van der Waals surface area contributed by atoms with Crippen molar-refractivity contribution in [2.75, 3.05) is 32.7 Å². The molecule has 3 rings (SSSR count). The molecule has 3 aromatic rings. The van der Waals surface area contributed by atoms with Crippen molar-refractivity contribution < 1.29 is 13.9 Å². The van der Waals surface area contributed by atoms with Crippen LogP contribution in [-0.2, 0) is 4.74 Å². The molecular formula is C17H19FN4O2. The van der Waals surface area contributed by atoms with Gasteiger partial charge in [-0.05, 0) is 24.6 Å². The number of aromatic amines is 1. The van der Waals surface area contributed by atoms with Crippen molar-refractivity contribution in [3.8, 4) is 17.1 Å². The van der Waals surface area contributed by atoms with Crippen LogP contribution in [0.3, 0.4) is 0 Å². The van der Waals surface area contributed by atoms with Gasteiger partial charge in [0.15, 0.2) is 17.4 Å². The van der Waals surface area contributed by atoms with E-state index in [4.69, 9.17) is 9.47 Å². The van der Waals surface area contributed by atoms with Crippen LogP contribution in [0.25, 0.3) is 22.4 Å². The summed E-state index contributed by atoms with van der Waals surface area (Å²) in [5.74, 6) is 0.842. The van der Waals surface area contributed by atoms with Crippen LogP contribution in [-0.4, -0.2) is 42.3 Å². The zero-order valence-electron chi connectivity index (χ0n) is 13.6. The Bertz CT molecular complexity index is 835. The number of pyridine rings is 1. The molecule has 24 heavy (non-hydrogen) atoms. The first-order valence-corrected chi connectivity index (χ1v) is 7.65. The minimum Gasteiger partial charge on any atom is -0.494 e. The van der Waals surface area contributed by atoms with Gasteiger partial charge in [-0.15, -0.1) is 0 Å². The molecule has 7 heteroatoms. The second-order valence-electron chi connectivity index (χ2n) is 5.24. The van der Waals surface area contributed by atoms with E-state index >= 15 is 0 Å². The molecule has 2 heterocycles. The SMILES string of the molecule is COCCCNc1nccc2[nH]c(-c3cccc(OC)c3F)nc12. The largest absolute Gasteiger partial charge is 0.494 e. The van der Waals surface area contributed by atoms with Gasteiger partial charge in [-0.3, -0.25) is 0 Å². The van der Waals surface area contributed by atoms with Crippen LogP contribution >= 0.6 is 0 Å². The minimum atomic E-state index is -0.443. The molecule has 0 aliphatic heterocycles. The molecule has 0 aliphatic rings. The second kappa shape index (κ2) is 7.27.